The van der Waals surface area contributed by atoms with Gasteiger partial charge in [0.05, 0.1) is 0 Å². The fraction of sp³-hybridized carbons (Fsp3) is 0.643. The summed E-state index contributed by atoms with van der Waals surface area (Å²) in [6.45, 7) is 6.83. The normalized spacial score (nSPS) is 10.9. The van der Waals surface area contributed by atoms with E-state index in [0.29, 0.717) is 19.5 Å². The molecule has 20 heavy (non-hydrogen) atoms. The van der Waals surface area contributed by atoms with Gasteiger partial charge in [-0.1, -0.05) is 6.92 Å². The van der Waals surface area contributed by atoms with E-state index in [0.717, 1.165) is 12.5 Å². The molecule has 0 saturated heterocycles. The Morgan fingerprint density at radius 1 is 1.35 bits per heavy atom. The molecule has 0 aliphatic carbocycles. The monoisotopic (exact) mass is 287 g/mol. The SMILES string of the molecule is CCCNc1nc(N(CCCO)C(C)C)c(F)cc1F. The van der Waals surface area contributed by atoms with Gasteiger partial charge >= 0.3 is 0 Å². The topological polar surface area (TPSA) is 48.4 Å². The van der Waals surface area contributed by atoms with Crippen LogP contribution in [0.15, 0.2) is 6.07 Å². The summed E-state index contributed by atoms with van der Waals surface area (Å²) in [5.41, 5.74) is 0. The molecular formula is C14H23F2N3O. The van der Waals surface area contributed by atoms with Gasteiger partial charge in [0, 0.05) is 31.8 Å². The largest absolute Gasteiger partial charge is 0.396 e. The van der Waals surface area contributed by atoms with Crippen LogP contribution in [-0.2, 0) is 0 Å². The van der Waals surface area contributed by atoms with E-state index in [2.05, 4.69) is 10.3 Å². The zero-order valence-electron chi connectivity index (χ0n) is 12.3. The van der Waals surface area contributed by atoms with Crippen LogP contribution in [0.3, 0.4) is 0 Å². The van der Waals surface area contributed by atoms with Gasteiger partial charge in [0.25, 0.3) is 0 Å². The van der Waals surface area contributed by atoms with Crippen LogP contribution < -0.4 is 10.2 Å². The minimum Gasteiger partial charge on any atom is -0.396 e. The van der Waals surface area contributed by atoms with Crippen LogP contribution in [0.1, 0.15) is 33.6 Å². The van der Waals surface area contributed by atoms with Crippen molar-refractivity contribution in [1.82, 2.24) is 4.98 Å². The number of aliphatic hydroxyl groups excluding tert-OH is 1. The number of halogens is 2. The summed E-state index contributed by atoms with van der Waals surface area (Å²) in [6, 6.07) is 0.863. The Morgan fingerprint density at radius 3 is 2.60 bits per heavy atom. The number of nitrogens with zero attached hydrogens (tertiary/aromatic N) is 2. The van der Waals surface area contributed by atoms with Gasteiger partial charge in [0.2, 0.25) is 0 Å². The predicted molar refractivity (Wildman–Crippen MR) is 77.1 cm³/mol. The van der Waals surface area contributed by atoms with E-state index < -0.39 is 11.6 Å². The molecule has 114 valence electrons. The van der Waals surface area contributed by atoms with Crippen LogP contribution in [0.25, 0.3) is 0 Å². The van der Waals surface area contributed by atoms with E-state index in [-0.39, 0.29) is 24.3 Å². The van der Waals surface area contributed by atoms with E-state index in [1.165, 1.54) is 0 Å². The molecule has 0 bridgehead atoms. The lowest BCUT2D eigenvalue weighted by molar-refractivity contribution is 0.288. The summed E-state index contributed by atoms with van der Waals surface area (Å²) >= 11 is 0. The van der Waals surface area contributed by atoms with Gasteiger partial charge in [-0.15, -0.1) is 0 Å². The van der Waals surface area contributed by atoms with Gasteiger partial charge in [0.1, 0.15) is 0 Å². The first-order chi connectivity index (χ1) is 9.51. The molecule has 0 saturated carbocycles. The fourth-order valence-corrected chi connectivity index (χ4v) is 1.88. The maximum absolute atomic E-state index is 14.0. The van der Waals surface area contributed by atoms with Crippen molar-refractivity contribution in [3.8, 4) is 0 Å². The number of hydrogen-bond acceptors (Lipinski definition) is 4. The molecule has 0 unspecified atom stereocenters. The summed E-state index contributed by atoms with van der Waals surface area (Å²) in [4.78, 5) is 5.79. The van der Waals surface area contributed by atoms with Crippen LogP contribution in [0, 0.1) is 11.6 Å². The van der Waals surface area contributed by atoms with Gasteiger partial charge in [-0.3, -0.25) is 0 Å². The highest BCUT2D eigenvalue weighted by Crippen LogP contribution is 2.24. The van der Waals surface area contributed by atoms with Gasteiger partial charge in [-0.2, -0.15) is 0 Å². The predicted octanol–water partition coefficient (Wildman–Crippen LogP) is 2.78. The first kappa shape index (κ1) is 16.6. The Labute approximate surface area is 118 Å². The molecule has 2 N–H and O–H groups in total. The zero-order valence-corrected chi connectivity index (χ0v) is 12.3. The highest BCUT2D eigenvalue weighted by molar-refractivity contribution is 5.49. The Bertz CT molecular complexity index is 427. The standard InChI is InChI=1S/C14H23F2N3O/c1-4-6-17-13-11(15)9-12(16)14(18-13)19(10(2)3)7-5-8-20/h9-10,20H,4-8H2,1-3H3,(H,17,18). The number of anilines is 2. The van der Waals surface area contributed by atoms with Crippen molar-refractivity contribution in [2.45, 2.75) is 39.7 Å². The van der Waals surface area contributed by atoms with Crippen LogP contribution in [0.4, 0.5) is 20.4 Å². The Hall–Kier alpha value is -1.43. The van der Waals surface area contributed by atoms with Crippen molar-refractivity contribution in [3.63, 3.8) is 0 Å². The molecule has 1 aromatic heterocycles. The molecule has 0 atom stereocenters. The first-order valence-corrected chi connectivity index (χ1v) is 6.98. The van der Waals surface area contributed by atoms with Crippen molar-refractivity contribution >= 4 is 11.6 Å². The number of pyridine rings is 1. The minimum atomic E-state index is -0.689. The molecule has 0 aromatic carbocycles. The third-order valence-corrected chi connectivity index (χ3v) is 2.91. The van der Waals surface area contributed by atoms with E-state index in [1.807, 2.05) is 20.8 Å². The molecule has 6 heteroatoms. The maximum Gasteiger partial charge on any atom is 0.168 e. The lowest BCUT2D eigenvalue weighted by Crippen LogP contribution is -2.34. The Morgan fingerprint density at radius 2 is 2.05 bits per heavy atom. The van der Waals surface area contributed by atoms with E-state index >= 15 is 0 Å². The second kappa shape index (κ2) is 7.99. The summed E-state index contributed by atoms with van der Waals surface area (Å²) in [7, 11) is 0. The van der Waals surface area contributed by atoms with Crippen molar-refractivity contribution in [2.75, 3.05) is 29.9 Å². The molecule has 0 amide bonds. The van der Waals surface area contributed by atoms with E-state index in [1.54, 1.807) is 4.90 Å². The number of aliphatic hydroxyl groups is 1. The lowest BCUT2D eigenvalue weighted by atomic mass is 10.2. The molecule has 4 nitrogen and oxygen atoms in total. The Kier molecular flexibility index (Phi) is 6.64. The van der Waals surface area contributed by atoms with Crippen LogP contribution in [0.2, 0.25) is 0 Å². The van der Waals surface area contributed by atoms with E-state index in [9.17, 15) is 8.78 Å². The number of rotatable bonds is 8. The maximum atomic E-state index is 14.0. The first-order valence-electron chi connectivity index (χ1n) is 6.98. The summed E-state index contributed by atoms with van der Waals surface area (Å²) in [6.07, 6.45) is 1.33. The molecule has 0 radical (unpaired) electrons. The van der Waals surface area contributed by atoms with Gasteiger partial charge < -0.3 is 15.3 Å². The quantitative estimate of drug-likeness (QED) is 0.772. The summed E-state index contributed by atoms with van der Waals surface area (Å²) < 4.78 is 27.6. The molecule has 0 aliphatic rings. The highest BCUT2D eigenvalue weighted by Gasteiger charge is 2.19. The average molecular weight is 287 g/mol. The third-order valence-electron chi connectivity index (χ3n) is 2.91. The molecule has 0 aliphatic heterocycles. The fourth-order valence-electron chi connectivity index (χ4n) is 1.88. The highest BCUT2D eigenvalue weighted by atomic mass is 19.1. The van der Waals surface area contributed by atoms with Crippen molar-refractivity contribution < 1.29 is 13.9 Å². The molecule has 1 aromatic rings. The molecular weight excluding hydrogens is 264 g/mol. The van der Waals surface area contributed by atoms with Crippen molar-refractivity contribution in [2.24, 2.45) is 0 Å². The minimum absolute atomic E-state index is 0.00744. The third kappa shape index (κ3) is 4.30. The summed E-state index contributed by atoms with van der Waals surface area (Å²) in [5.74, 6) is -1.19. The van der Waals surface area contributed by atoms with Crippen molar-refractivity contribution in [3.05, 3.63) is 17.7 Å². The molecule has 0 spiro atoms. The molecule has 1 heterocycles. The van der Waals surface area contributed by atoms with Crippen LogP contribution in [-0.4, -0.2) is 35.8 Å². The number of hydrogen-bond donors (Lipinski definition) is 2. The van der Waals surface area contributed by atoms with Gasteiger partial charge in [-0.25, -0.2) is 13.8 Å². The lowest BCUT2D eigenvalue weighted by Gasteiger charge is -2.28. The van der Waals surface area contributed by atoms with Gasteiger partial charge in [0.15, 0.2) is 23.3 Å². The molecule has 1 rings (SSSR count). The van der Waals surface area contributed by atoms with Crippen molar-refractivity contribution in [1.29, 1.82) is 0 Å². The second-order valence-corrected chi connectivity index (χ2v) is 4.92. The van der Waals surface area contributed by atoms with Crippen LogP contribution >= 0.6 is 0 Å². The second-order valence-electron chi connectivity index (χ2n) is 4.92. The summed E-state index contributed by atoms with van der Waals surface area (Å²) in [5, 5.41) is 11.8. The van der Waals surface area contributed by atoms with Gasteiger partial charge in [-0.05, 0) is 26.7 Å². The average Bonchev–Trinajstić information content (AvgIpc) is 2.39. The Balaban J connectivity index is 3.06. The zero-order chi connectivity index (χ0) is 15.1. The number of aromatic nitrogens is 1. The molecule has 0 fully saturated rings. The van der Waals surface area contributed by atoms with Crippen LogP contribution in [0.5, 0.6) is 0 Å². The smallest absolute Gasteiger partial charge is 0.168 e. The number of nitrogens with one attached hydrogen (secondary N) is 1. The van der Waals surface area contributed by atoms with E-state index in [4.69, 9.17) is 5.11 Å².